The second-order valence-corrected chi connectivity index (χ2v) is 3.37. The lowest BCUT2D eigenvalue weighted by molar-refractivity contribution is 0.186. The minimum atomic E-state index is -0.607. The molecule has 0 saturated carbocycles. The Balaban J connectivity index is 2.50. The van der Waals surface area contributed by atoms with E-state index in [9.17, 15) is 5.11 Å². The first kappa shape index (κ1) is 9.18. The summed E-state index contributed by atoms with van der Waals surface area (Å²) < 4.78 is 1.75. The molecule has 2 aromatic rings. The Labute approximate surface area is 82.0 Å². The molecule has 0 amide bonds. The van der Waals surface area contributed by atoms with Crippen LogP contribution in [0, 0.1) is 6.92 Å². The van der Waals surface area contributed by atoms with Gasteiger partial charge in [-0.25, -0.2) is 4.52 Å². The molecule has 0 aliphatic rings. The lowest BCUT2D eigenvalue weighted by atomic mass is 10.1. The SMILES string of the molecule is Cc1cc2ccc(C(O)CN)cn2n1. The standard InChI is InChI=1S/C10H13N3O/c1-7-4-9-3-2-8(10(14)5-11)6-13(9)12-7/h2-4,6,10,14H,5,11H2,1H3. The number of nitrogens with two attached hydrogens (primary N) is 1. The van der Waals surface area contributed by atoms with Gasteiger partial charge in [0.05, 0.1) is 17.3 Å². The zero-order chi connectivity index (χ0) is 10.1. The van der Waals surface area contributed by atoms with Crippen LogP contribution in [0.15, 0.2) is 24.4 Å². The number of aliphatic hydroxyl groups excluding tert-OH is 1. The van der Waals surface area contributed by atoms with Crippen molar-refractivity contribution in [1.82, 2.24) is 9.61 Å². The Bertz CT molecular complexity index is 450. The smallest absolute Gasteiger partial charge is 0.0927 e. The van der Waals surface area contributed by atoms with E-state index in [-0.39, 0.29) is 6.54 Å². The molecule has 2 heterocycles. The van der Waals surface area contributed by atoms with Gasteiger partial charge in [-0.3, -0.25) is 0 Å². The third-order valence-electron chi connectivity index (χ3n) is 2.21. The first-order valence-corrected chi connectivity index (χ1v) is 4.55. The number of fused-ring (bicyclic) bond motifs is 1. The number of aryl methyl sites for hydroxylation is 1. The summed E-state index contributed by atoms with van der Waals surface area (Å²) in [6, 6.07) is 5.78. The molecule has 3 N–H and O–H groups in total. The molecule has 2 rings (SSSR count). The van der Waals surface area contributed by atoms with E-state index < -0.39 is 6.10 Å². The summed E-state index contributed by atoms with van der Waals surface area (Å²) in [5, 5.41) is 13.8. The molecule has 2 aromatic heterocycles. The van der Waals surface area contributed by atoms with Crippen molar-refractivity contribution < 1.29 is 5.11 Å². The van der Waals surface area contributed by atoms with Crippen LogP contribution >= 0.6 is 0 Å². The van der Waals surface area contributed by atoms with Crippen molar-refractivity contribution in [1.29, 1.82) is 0 Å². The highest BCUT2D eigenvalue weighted by atomic mass is 16.3. The molecular weight excluding hydrogens is 178 g/mol. The Morgan fingerprint density at radius 3 is 3.07 bits per heavy atom. The zero-order valence-corrected chi connectivity index (χ0v) is 8.01. The Morgan fingerprint density at radius 2 is 2.36 bits per heavy atom. The van der Waals surface area contributed by atoms with Crippen molar-refractivity contribution in [2.24, 2.45) is 5.73 Å². The van der Waals surface area contributed by atoms with Crippen LogP contribution in [0.5, 0.6) is 0 Å². The maximum atomic E-state index is 9.53. The minimum absolute atomic E-state index is 0.228. The summed E-state index contributed by atoms with van der Waals surface area (Å²) in [7, 11) is 0. The highest BCUT2D eigenvalue weighted by molar-refractivity contribution is 5.48. The normalized spacial score (nSPS) is 13.4. The van der Waals surface area contributed by atoms with Crippen molar-refractivity contribution in [3.05, 3.63) is 35.7 Å². The highest BCUT2D eigenvalue weighted by Gasteiger charge is 2.06. The molecule has 0 radical (unpaired) electrons. The molecule has 4 nitrogen and oxygen atoms in total. The average molecular weight is 191 g/mol. The first-order valence-electron chi connectivity index (χ1n) is 4.55. The molecular formula is C10H13N3O. The molecule has 0 fully saturated rings. The summed E-state index contributed by atoms with van der Waals surface area (Å²) in [4.78, 5) is 0. The number of aliphatic hydroxyl groups is 1. The van der Waals surface area contributed by atoms with Crippen LogP contribution < -0.4 is 5.73 Å². The lowest BCUT2D eigenvalue weighted by Gasteiger charge is -2.07. The third kappa shape index (κ3) is 1.49. The highest BCUT2D eigenvalue weighted by Crippen LogP contribution is 2.13. The van der Waals surface area contributed by atoms with Crippen LogP contribution in [0.3, 0.4) is 0 Å². The third-order valence-corrected chi connectivity index (χ3v) is 2.21. The van der Waals surface area contributed by atoms with Crippen molar-refractivity contribution >= 4 is 5.52 Å². The molecule has 14 heavy (non-hydrogen) atoms. The monoisotopic (exact) mass is 191 g/mol. The van der Waals surface area contributed by atoms with E-state index in [4.69, 9.17) is 5.73 Å². The van der Waals surface area contributed by atoms with Crippen LogP contribution in [0.1, 0.15) is 17.4 Å². The van der Waals surface area contributed by atoms with Gasteiger partial charge in [0.1, 0.15) is 0 Å². The van der Waals surface area contributed by atoms with Gasteiger partial charge in [0.2, 0.25) is 0 Å². The van der Waals surface area contributed by atoms with E-state index in [1.54, 1.807) is 10.7 Å². The summed E-state index contributed by atoms with van der Waals surface area (Å²) in [6.07, 6.45) is 1.20. The van der Waals surface area contributed by atoms with Gasteiger partial charge < -0.3 is 10.8 Å². The van der Waals surface area contributed by atoms with Gasteiger partial charge in [0.15, 0.2) is 0 Å². The van der Waals surface area contributed by atoms with Crippen molar-refractivity contribution in [2.45, 2.75) is 13.0 Å². The van der Waals surface area contributed by atoms with E-state index in [1.165, 1.54) is 0 Å². The van der Waals surface area contributed by atoms with Gasteiger partial charge in [-0.05, 0) is 19.1 Å². The summed E-state index contributed by atoms with van der Waals surface area (Å²) in [6.45, 7) is 2.16. The van der Waals surface area contributed by atoms with Crippen molar-refractivity contribution in [2.75, 3.05) is 6.54 Å². The molecule has 1 atom stereocenters. The van der Waals surface area contributed by atoms with E-state index >= 15 is 0 Å². The molecule has 74 valence electrons. The van der Waals surface area contributed by atoms with Crippen LogP contribution in [0.25, 0.3) is 5.52 Å². The van der Waals surface area contributed by atoms with Crippen LogP contribution in [-0.4, -0.2) is 21.3 Å². The lowest BCUT2D eigenvalue weighted by Crippen LogP contribution is -2.12. The largest absolute Gasteiger partial charge is 0.387 e. The first-order chi connectivity index (χ1) is 6.70. The van der Waals surface area contributed by atoms with Gasteiger partial charge in [0.25, 0.3) is 0 Å². The summed E-state index contributed by atoms with van der Waals surface area (Å²) >= 11 is 0. The zero-order valence-electron chi connectivity index (χ0n) is 8.01. The number of hydrogen-bond donors (Lipinski definition) is 2. The van der Waals surface area contributed by atoms with Gasteiger partial charge in [-0.1, -0.05) is 6.07 Å². The topological polar surface area (TPSA) is 63.5 Å². The van der Waals surface area contributed by atoms with E-state index in [2.05, 4.69) is 5.10 Å². The second-order valence-electron chi connectivity index (χ2n) is 3.37. The fraction of sp³-hybridized carbons (Fsp3) is 0.300. The van der Waals surface area contributed by atoms with E-state index in [1.807, 2.05) is 25.1 Å². The number of nitrogens with zero attached hydrogens (tertiary/aromatic N) is 2. The van der Waals surface area contributed by atoms with Gasteiger partial charge in [0, 0.05) is 18.3 Å². The quantitative estimate of drug-likeness (QED) is 0.732. The molecule has 0 spiro atoms. The van der Waals surface area contributed by atoms with Gasteiger partial charge in [-0.15, -0.1) is 0 Å². The predicted octanol–water partition coefficient (Wildman–Crippen LogP) is 0.635. The maximum Gasteiger partial charge on any atom is 0.0927 e. The molecule has 0 aliphatic heterocycles. The minimum Gasteiger partial charge on any atom is -0.387 e. The van der Waals surface area contributed by atoms with Crippen LogP contribution in [-0.2, 0) is 0 Å². The van der Waals surface area contributed by atoms with Gasteiger partial charge >= 0.3 is 0 Å². The Kier molecular flexibility index (Phi) is 2.23. The maximum absolute atomic E-state index is 9.53. The number of aromatic nitrogens is 2. The van der Waals surface area contributed by atoms with Crippen molar-refractivity contribution in [3.63, 3.8) is 0 Å². The molecule has 0 saturated heterocycles. The molecule has 4 heteroatoms. The number of rotatable bonds is 2. The van der Waals surface area contributed by atoms with Crippen LogP contribution in [0.4, 0.5) is 0 Å². The molecule has 0 bridgehead atoms. The fourth-order valence-corrected chi connectivity index (χ4v) is 1.46. The van der Waals surface area contributed by atoms with E-state index in [0.717, 1.165) is 16.8 Å². The molecule has 0 aromatic carbocycles. The Hall–Kier alpha value is -1.39. The predicted molar refractivity (Wildman–Crippen MR) is 53.9 cm³/mol. The number of hydrogen-bond acceptors (Lipinski definition) is 3. The van der Waals surface area contributed by atoms with Gasteiger partial charge in [-0.2, -0.15) is 5.10 Å². The van der Waals surface area contributed by atoms with E-state index in [0.29, 0.717) is 0 Å². The fourth-order valence-electron chi connectivity index (χ4n) is 1.46. The summed E-state index contributed by atoms with van der Waals surface area (Å²) in [5.74, 6) is 0. The van der Waals surface area contributed by atoms with Crippen LogP contribution in [0.2, 0.25) is 0 Å². The molecule has 0 aliphatic carbocycles. The average Bonchev–Trinajstić information content (AvgIpc) is 2.55. The number of pyridine rings is 1. The summed E-state index contributed by atoms with van der Waals surface area (Å²) in [5.41, 5.74) is 8.15. The second kappa shape index (κ2) is 3.40. The Morgan fingerprint density at radius 1 is 1.57 bits per heavy atom. The molecule has 1 unspecified atom stereocenters. The van der Waals surface area contributed by atoms with Crippen molar-refractivity contribution in [3.8, 4) is 0 Å².